The Labute approximate surface area is 211 Å². The molecule has 2 aromatic carbocycles. The van der Waals surface area contributed by atoms with Gasteiger partial charge >= 0.3 is 0 Å². The van der Waals surface area contributed by atoms with E-state index < -0.39 is 0 Å². The topological polar surface area (TPSA) is 21.7 Å². The van der Waals surface area contributed by atoms with Gasteiger partial charge in [-0.25, -0.2) is 4.57 Å². The summed E-state index contributed by atoms with van der Waals surface area (Å²) >= 11 is 0. The normalized spacial score (nSPS) is 27.2. The molecule has 5 rings (SSSR count). The lowest BCUT2D eigenvalue weighted by molar-refractivity contribution is -0.754. The molecule has 2 heterocycles. The number of hydrogen-bond acceptors (Lipinski definition) is 1. The smallest absolute Gasteiger partial charge is 0.218 e. The Morgan fingerprint density at radius 1 is 1.06 bits per heavy atom. The lowest BCUT2D eigenvalue weighted by Gasteiger charge is -2.40. The molecular formula is C32H42N3+. The summed E-state index contributed by atoms with van der Waals surface area (Å²) in [5.74, 6) is 3.44. The Hall–Kier alpha value is -2.68. The molecule has 1 fully saturated rings. The zero-order valence-corrected chi connectivity index (χ0v) is 22.7. The third kappa shape index (κ3) is 3.45. The number of aryl methyl sites for hydroxylation is 2. The second kappa shape index (κ2) is 8.76. The van der Waals surface area contributed by atoms with Crippen molar-refractivity contribution >= 4 is 0 Å². The molecule has 3 nitrogen and oxygen atoms in total. The number of allylic oxidation sites excluding steroid dienone is 2. The van der Waals surface area contributed by atoms with Crippen molar-refractivity contribution in [2.45, 2.75) is 97.4 Å². The van der Waals surface area contributed by atoms with E-state index in [1.54, 1.807) is 0 Å². The van der Waals surface area contributed by atoms with Crippen LogP contribution in [-0.4, -0.2) is 9.78 Å². The summed E-state index contributed by atoms with van der Waals surface area (Å²) < 4.78 is 4.77. The highest BCUT2D eigenvalue weighted by Gasteiger charge is 2.52. The number of nitrogens with zero attached hydrogens (tertiary/aromatic N) is 3. The van der Waals surface area contributed by atoms with Crippen LogP contribution in [0.15, 0.2) is 54.6 Å². The zero-order chi connectivity index (χ0) is 25.0. The maximum atomic E-state index is 5.22. The molecule has 4 atom stereocenters. The summed E-state index contributed by atoms with van der Waals surface area (Å²) in [5.41, 5.74) is 7.02. The minimum atomic E-state index is -0.113. The van der Waals surface area contributed by atoms with Crippen molar-refractivity contribution < 1.29 is 4.57 Å². The fourth-order valence-electron chi connectivity index (χ4n) is 7.28. The first-order valence-corrected chi connectivity index (χ1v) is 13.7. The second-order valence-electron chi connectivity index (χ2n) is 11.2. The van der Waals surface area contributed by atoms with Crippen molar-refractivity contribution in [1.82, 2.24) is 9.78 Å². The van der Waals surface area contributed by atoms with Crippen LogP contribution in [0.25, 0.3) is 17.1 Å². The van der Waals surface area contributed by atoms with Gasteiger partial charge in [-0.3, -0.25) is 0 Å². The van der Waals surface area contributed by atoms with Crippen molar-refractivity contribution in [3.05, 3.63) is 77.1 Å². The third-order valence-corrected chi connectivity index (χ3v) is 9.07. The molecule has 35 heavy (non-hydrogen) atoms. The van der Waals surface area contributed by atoms with Crippen LogP contribution in [0, 0.1) is 19.8 Å². The van der Waals surface area contributed by atoms with Crippen LogP contribution in [0.4, 0.5) is 0 Å². The molecule has 0 bridgehead atoms. The Morgan fingerprint density at radius 3 is 2.40 bits per heavy atom. The predicted molar refractivity (Wildman–Crippen MR) is 145 cm³/mol. The predicted octanol–water partition coefficient (Wildman–Crippen LogP) is 7.71. The van der Waals surface area contributed by atoms with Gasteiger partial charge in [-0.1, -0.05) is 81.6 Å². The summed E-state index contributed by atoms with van der Waals surface area (Å²) in [6.07, 6.45) is 10.7. The first-order chi connectivity index (χ1) is 16.8. The quantitative estimate of drug-likeness (QED) is 0.257. The maximum absolute atomic E-state index is 5.22. The molecule has 1 saturated carbocycles. The third-order valence-electron chi connectivity index (χ3n) is 9.07. The molecule has 0 radical (unpaired) electrons. The maximum Gasteiger partial charge on any atom is 0.276 e. The number of aromatic nitrogens is 3. The molecule has 184 valence electrons. The van der Waals surface area contributed by atoms with E-state index in [1.165, 1.54) is 53.0 Å². The minimum Gasteiger partial charge on any atom is -0.218 e. The van der Waals surface area contributed by atoms with Gasteiger partial charge in [-0.05, 0) is 79.3 Å². The summed E-state index contributed by atoms with van der Waals surface area (Å²) in [7, 11) is 0. The van der Waals surface area contributed by atoms with Gasteiger partial charge in [0.25, 0.3) is 11.6 Å². The minimum absolute atomic E-state index is 0.113. The van der Waals surface area contributed by atoms with Crippen molar-refractivity contribution in [3.8, 4) is 17.1 Å². The number of hydrogen-bond donors (Lipinski definition) is 0. The highest BCUT2D eigenvalue weighted by molar-refractivity contribution is 5.64. The van der Waals surface area contributed by atoms with Crippen LogP contribution in [0.2, 0.25) is 0 Å². The van der Waals surface area contributed by atoms with Crippen LogP contribution < -0.4 is 4.57 Å². The van der Waals surface area contributed by atoms with Crippen molar-refractivity contribution in [1.29, 1.82) is 0 Å². The summed E-state index contributed by atoms with van der Waals surface area (Å²) in [4.78, 5) is 0. The molecule has 0 spiro atoms. The molecule has 4 unspecified atom stereocenters. The zero-order valence-electron chi connectivity index (χ0n) is 22.7. The first kappa shape index (κ1) is 24.0. The molecule has 1 aromatic heterocycles. The molecular weight excluding hydrogens is 426 g/mol. The molecule has 3 aromatic rings. The van der Waals surface area contributed by atoms with Gasteiger partial charge in [0, 0.05) is 17.9 Å². The van der Waals surface area contributed by atoms with Gasteiger partial charge in [0.15, 0.2) is 0 Å². The van der Waals surface area contributed by atoms with E-state index in [1.807, 2.05) is 0 Å². The van der Waals surface area contributed by atoms with Gasteiger partial charge in [-0.2, -0.15) is 0 Å². The van der Waals surface area contributed by atoms with Gasteiger partial charge in [0.1, 0.15) is 11.2 Å². The fourth-order valence-corrected chi connectivity index (χ4v) is 7.28. The standard InChI is InChI=1S/C32H42N3/c1-8-17-31(21-23(31)5)26-15-16-29(22(4)20-26)35-30-28-14-12-11-13-27(28)24(6)32(18-9-2,19-10-3)34(30)25(7)33-35/h9,11-16,18,20,23-24H,8,10,17,19,21H2,1-7H3/q+1. The van der Waals surface area contributed by atoms with E-state index in [9.17, 15) is 0 Å². The van der Waals surface area contributed by atoms with E-state index in [2.05, 4.69) is 112 Å². The van der Waals surface area contributed by atoms with E-state index in [0.717, 1.165) is 24.6 Å². The fraction of sp³-hybridized carbons (Fsp3) is 0.500. The average Bonchev–Trinajstić information content (AvgIpc) is 3.36. The van der Waals surface area contributed by atoms with Crippen molar-refractivity contribution in [2.24, 2.45) is 5.92 Å². The largest absolute Gasteiger partial charge is 0.276 e. The summed E-state index contributed by atoms with van der Waals surface area (Å²) in [6.45, 7) is 16.0. The second-order valence-corrected chi connectivity index (χ2v) is 11.2. The van der Waals surface area contributed by atoms with Crippen LogP contribution >= 0.6 is 0 Å². The molecule has 2 aliphatic rings. The molecule has 0 saturated heterocycles. The van der Waals surface area contributed by atoms with Crippen LogP contribution in [0.3, 0.4) is 0 Å². The lowest BCUT2D eigenvalue weighted by atomic mass is 9.72. The highest BCUT2D eigenvalue weighted by atomic mass is 15.4. The van der Waals surface area contributed by atoms with Crippen LogP contribution in [0.1, 0.15) is 95.2 Å². The molecule has 0 amide bonds. The molecule has 3 heteroatoms. The van der Waals surface area contributed by atoms with E-state index in [0.29, 0.717) is 11.3 Å². The first-order valence-electron chi connectivity index (χ1n) is 13.7. The SMILES string of the molecule is CC=CC1(CCC)C(C)c2ccccc2-c2n(-c3ccc(C4(CCC)CC4C)cc3C)nc(C)[n+]21. The van der Waals surface area contributed by atoms with E-state index in [-0.39, 0.29) is 5.54 Å². The van der Waals surface area contributed by atoms with Gasteiger partial charge < -0.3 is 0 Å². The lowest BCUT2D eigenvalue weighted by Crippen LogP contribution is -2.62. The Bertz CT molecular complexity index is 1280. The Morgan fingerprint density at radius 2 is 1.77 bits per heavy atom. The van der Waals surface area contributed by atoms with Gasteiger partial charge in [0.05, 0.1) is 5.56 Å². The van der Waals surface area contributed by atoms with Gasteiger partial charge in [0.2, 0.25) is 0 Å². The molecule has 0 N–H and O–H groups in total. The monoisotopic (exact) mass is 468 g/mol. The van der Waals surface area contributed by atoms with Crippen LogP contribution in [-0.2, 0) is 11.0 Å². The Balaban J connectivity index is 1.73. The van der Waals surface area contributed by atoms with Crippen LogP contribution in [0.5, 0.6) is 0 Å². The highest BCUT2D eigenvalue weighted by Crippen LogP contribution is 2.57. The van der Waals surface area contributed by atoms with E-state index >= 15 is 0 Å². The number of fused-ring (bicyclic) bond motifs is 3. The number of benzene rings is 2. The van der Waals surface area contributed by atoms with Crippen molar-refractivity contribution in [2.75, 3.05) is 0 Å². The molecule has 1 aliphatic carbocycles. The average molecular weight is 469 g/mol. The summed E-state index contributed by atoms with van der Waals surface area (Å²) in [6, 6.07) is 16.1. The van der Waals surface area contributed by atoms with Crippen molar-refractivity contribution in [3.63, 3.8) is 0 Å². The Kier molecular flexibility index (Phi) is 6.02. The molecule has 1 aliphatic heterocycles. The van der Waals surface area contributed by atoms with E-state index in [4.69, 9.17) is 5.10 Å². The number of rotatable bonds is 7. The summed E-state index contributed by atoms with van der Waals surface area (Å²) in [5, 5.41) is 5.22. The van der Waals surface area contributed by atoms with Gasteiger partial charge in [-0.15, -0.1) is 0 Å².